The quantitative estimate of drug-likeness (QED) is 0.808. The fraction of sp³-hybridized carbons (Fsp3) is 0.154. The Bertz CT molecular complexity index is 582. The maximum Gasteiger partial charge on any atom is 0.187 e. The fourth-order valence-electron chi connectivity index (χ4n) is 1.46. The van der Waals surface area contributed by atoms with Gasteiger partial charge in [-0.25, -0.2) is 4.98 Å². The van der Waals surface area contributed by atoms with Crippen LogP contribution >= 0.6 is 23.2 Å². The summed E-state index contributed by atoms with van der Waals surface area (Å²) in [5.74, 6) is -0.0964. The van der Waals surface area contributed by atoms with Crippen molar-refractivity contribution in [2.75, 3.05) is 0 Å². The molecular formula is C13H10Cl2N2O. The van der Waals surface area contributed by atoms with Crippen LogP contribution in [-0.2, 0) is 6.42 Å². The monoisotopic (exact) mass is 280 g/mol. The number of carbonyl (C=O) groups is 1. The summed E-state index contributed by atoms with van der Waals surface area (Å²) >= 11 is 11.7. The average molecular weight is 281 g/mol. The Morgan fingerprint density at radius 3 is 2.56 bits per heavy atom. The molecule has 0 amide bonds. The minimum Gasteiger partial charge on any atom is -0.292 e. The molecule has 2 rings (SSSR count). The molecular weight excluding hydrogens is 271 g/mol. The lowest BCUT2D eigenvalue weighted by atomic mass is 10.1. The molecule has 1 aromatic heterocycles. The molecule has 2 aromatic rings. The molecule has 0 unspecified atom stereocenters. The molecule has 0 aliphatic heterocycles. The highest BCUT2D eigenvalue weighted by Gasteiger charge is 2.10. The summed E-state index contributed by atoms with van der Waals surface area (Å²) in [5.41, 5.74) is 1.93. The maximum atomic E-state index is 11.9. The number of benzene rings is 1. The average Bonchev–Trinajstić information content (AvgIpc) is 2.34. The molecule has 0 fully saturated rings. The third kappa shape index (κ3) is 3.06. The molecule has 5 heteroatoms. The Hall–Kier alpha value is -1.45. The molecule has 92 valence electrons. The van der Waals surface area contributed by atoms with Gasteiger partial charge in [-0.2, -0.15) is 0 Å². The second-order valence-electron chi connectivity index (χ2n) is 3.89. The molecule has 0 saturated carbocycles. The zero-order valence-electron chi connectivity index (χ0n) is 9.65. The van der Waals surface area contributed by atoms with Crippen LogP contribution in [0.25, 0.3) is 0 Å². The first-order valence-electron chi connectivity index (χ1n) is 5.32. The van der Waals surface area contributed by atoms with E-state index in [-0.39, 0.29) is 12.2 Å². The molecule has 0 N–H and O–H groups in total. The lowest BCUT2D eigenvalue weighted by molar-refractivity contribution is 0.0988. The Morgan fingerprint density at radius 2 is 1.94 bits per heavy atom. The number of rotatable bonds is 3. The van der Waals surface area contributed by atoms with Crippen LogP contribution in [0, 0.1) is 6.92 Å². The minimum absolute atomic E-state index is 0.0964. The van der Waals surface area contributed by atoms with Crippen LogP contribution in [-0.4, -0.2) is 15.8 Å². The molecule has 18 heavy (non-hydrogen) atoms. The Balaban J connectivity index is 2.16. The number of carbonyl (C=O) groups excluding carboxylic acids is 1. The van der Waals surface area contributed by atoms with Crippen LogP contribution in [0.2, 0.25) is 10.0 Å². The summed E-state index contributed by atoms with van der Waals surface area (Å²) in [6.07, 6.45) is 3.28. The lowest BCUT2D eigenvalue weighted by Crippen LogP contribution is -2.06. The van der Waals surface area contributed by atoms with E-state index in [1.54, 1.807) is 24.4 Å². The summed E-state index contributed by atoms with van der Waals surface area (Å²) in [7, 11) is 0. The van der Waals surface area contributed by atoms with Gasteiger partial charge in [0, 0.05) is 12.6 Å². The van der Waals surface area contributed by atoms with E-state index in [9.17, 15) is 4.79 Å². The normalized spacial score (nSPS) is 10.4. The van der Waals surface area contributed by atoms with E-state index in [1.807, 2.05) is 6.92 Å². The van der Waals surface area contributed by atoms with Gasteiger partial charge in [-0.05, 0) is 24.6 Å². The molecule has 0 saturated heterocycles. The van der Waals surface area contributed by atoms with Crippen LogP contribution < -0.4 is 0 Å². The third-order valence-corrected chi connectivity index (χ3v) is 3.15. The smallest absolute Gasteiger partial charge is 0.187 e. The summed E-state index contributed by atoms with van der Waals surface area (Å²) in [5, 5.41) is 0.917. The number of Topliss-reactive ketones (excluding diaryl/α,β-unsaturated/α-hetero) is 1. The number of ketones is 1. The highest BCUT2D eigenvalue weighted by atomic mass is 35.5. The Labute approximate surface area is 115 Å². The second-order valence-corrected chi connectivity index (χ2v) is 4.71. The number of halogens is 2. The minimum atomic E-state index is -0.0964. The van der Waals surface area contributed by atoms with E-state index in [4.69, 9.17) is 23.2 Å². The molecule has 1 aromatic carbocycles. The van der Waals surface area contributed by atoms with Crippen molar-refractivity contribution >= 4 is 29.0 Å². The van der Waals surface area contributed by atoms with Crippen LogP contribution in [0.1, 0.15) is 21.7 Å². The van der Waals surface area contributed by atoms with Gasteiger partial charge in [-0.15, -0.1) is 0 Å². The molecule has 1 heterocycles. The summed E-state index contributed by atoms with van der Waals surface area (Å²) in [4.78, 5) is 20.0. The number of hydrogen-bond acceptors (Lipinski definition) is 3. The molecule has 0 aliphatic carbocycles. The van der Waals surface area contributed by atoms with Gasteiger partial charge in [0.15, 0.2) is 5.78 Å². The number of aromatic nitrogens is 2. The van der Waals surface area contributed by atoms with E-state index in [0.29, 0.717) is 15.7 Å². The van der Waals surface area contributed by atoms with Crippen molar-refractivity contribution in [3.8, 4) is 0 Å². The first-order chi connectivity index (χ1) is 8.56. The SMILES string of the molecule is Cc1cnc(C(=O)Cc2ccc(Cl)c(Cl)c2)cn1. The number of hydrogen-bond donors (Lipinski definition) is 0. The highest BCUT2D eigenvalue weighted by molar-refractivity contribution is 6.42. The predicted octanol–water partition coefficient (Wildman–Crippen LogP) is 3.52. The standard InChI is InChI=1S/C13H10Cl2N2O/c1-8-6-17-12(7-16-8)13(18)5-9-2-3-10(14)11(15)4-9/h2-4,6-7H,5H2,1H3. The van der Waals surface area contributed by atoms with Crippen molar-refractivity contribution in [1.29, 1.82) is 0 Å². The van der Waals surface area contributed by atoms with Crippen molar-refractivity contribution in [2.45, 2.75) is 13.3 Å². The van der Waals surface area contributed by atoms with Crippen molar-refractivity contribution in [3.05, 3.63) is 57.6 Å². The first kappa shape index (κ1) is 13.0. The lowest BCUT2D eigenvalue weighted by Gasteiger charge is -2.02. The molecule has 0 atom stereocenters. The maximum absolute atomic E-state index is 11.9. The predicted molar refractivity (Wildman–Crippen MR) is 71.3 cm³/mol. The summed E-state index contributed by atoms with van der Waals surface area (Å²) < 4.78 is 0. The summed E-state index contributed by atoms with van der Waals surface area (Å²) in [6.45, 7) is 1.82. The molecule has 3 nitrogen and oxygen atoms in total. The van der Waals surface area contributed by atoms with Gasteiger partial charge in [-0.1, -0.05) is 29.3 Å². The van der Waals surface area contributed by atoms with Crippen LogP contribution in [0.5, 0.6) is 0 Å². The molecule has 0 radical (unpaired) electrons. The van der Waals surface area contributed by atoms with E-state index in [0.717, 1.165) is 11.3 Å². The molecule has 0 aliphatic rings. The van der Waals surface area contributed by atoms with E-state index in [2.05, 4.69) is 9.97 Å². The summed E-state index contributed by atoms with van der Waals surface area (Å²) in [6, 6.07) is 5.13. The van der Waals surface area contributed by atoms with Crippen molar-refractivity contribution in [1.82, 2.24) is 9.97 Å². The zero-order chi connectivity index (χ0) is 13.1. The molecule has 0 bridgehead atoms. The Kier molecular flexibility index (Phi) is 3.94. The van der Waals surface area contributed by atoms with Gasteiger partial charge >= 0.3 is 0 Å². The van der Waals surface area contributed by atoms with Crippen molar-refractivity contribution < 1.29 is 4.79 Å². The number of aryl methyl sites for hydroxylation is 1. The molecule has 0 spiro atoms. The zero-order valence-corrected chi connectivity index (χ0v) is 11.2. The van der Waals surface area contributed by atoms with Crippen LogP contribution in [0.3, 0.4) is 0 Å². The van der Waals surface area contributed by atoms with Crippen LogP contribution in [0.15, 0.2) is 30.6 Å². The van der Waals surface area contributed by atoms with Gasteiger partial charge in [-0.3, -0.25) is 9.78 Å². The van der Waals surface area contributed by atoms with Crippen molar-refractivity contribution in [2.24, 2.45) is 0 Å². The topological polar surface area (TPSA) is 42.9 Å². The van der Waals surface area contributed by atoms with Gasteiger partial charge in [0.05, 0.1) is 21.9 Å². The van der Waals surface area contributed by atoms with Gasteiger partial charge in [0.2, 0.25) is 0 Å². The van der Waals surface area contributed by atoms with Crippen molar-refractivity contribution in [3.63, 3.8) is 0 Å². The van der Waals surface area contributed by atoms with E-state index < -0.39 is 0 Å². The van der Waals surface area contributed by atoms with Gasteiger partial charge in [0.25, 0.3) is 0 Å². The Morgan fingerprint density at radius 1 is 1.17 bits per heavy atom. The second kappa shape index (κ2) is 5.46. The van der Waals surface area contributed by atoms with E-state index in [1.165, 1.54) is 6.20 Å². The third-order valence-electron chi connectivity index (χ3n) is 2.42. The largest absolute Gasteiger partial charge is 0.292 e. The first-order valence-corrected chi connectivity index (χ1v) is 6.07. The number of nitrogens with zero attached hydrogens (tertiary/aromatic N) is 2. The van der Waals surface area contributed by atoms with Gasteiger partial charge < -0.3 is 0 Å². The van der Waals surface area contributed by atoms with Gasteiger partial charge in [0.1, 0.15) is 5.69 Å². The highest BCUT2D eigenvalue weighted by Crippen LogP contribution is 2.23. The fourth-order valence-corrected chi connectivity index (χ4v) is 1.78. The van der Waals surface area contributed by atoms with Crippen LogP contribution in [0.4, 0.5) is 0 Å². The van der Waals surface area contributed by atoms with E-state index >= 15 is 0 Å².